The van der Waals surface area contributed by atoms with Crippen LogP contribution in [0.3, 0.4) is 0 Å². The third-order valence-electron chi connectivity index (χ3n) is 3.54. The van der Waals surface area contributed by atoms with Crippen LogP contribution >= 0.6 is 11.3 Å². The number of rotatable bonds is 4. The maximum Gasteiger partial charge on any atom is 0.136 e. The maximum absolute atomic E-state index is 6.02. The highest BCUT2D eigenvalue weighted by atomic mass is 32.1. The number of aromatic nitrogens is 3. The highest BCUT2D eigenvalue weighted by molar-refractivity contribution is 7.09. The Balaban J connectivity index is 1.93. The molecular weight excluding hydrogens is 270 g/mol. The molecule has 0 atom stereocenters. The predicted octanol–water partition coefficient (Wildman–Crippen LogP) is 3.05. The summed E-state index contributed by atoms with van der Waals surface area (Å²) in [6.45, 7) is 6.15. The fraction of sp³-hybridized carbons (Fsp3) is 0.500. The van der Waals surface area contributed by atoms with Crippen LogP contribution in [-0.2, 0) is 5.54 Å². The molecule has 2 aromatic heterocycles. The summed E-state index contributed by atoms with van der Waals surface area (Å²) >= 11 is 1.63. The lowest BCUT2D eigenvalue weighted by Crippen LogP contribution is -2.29. The van der Waals surface area contributed by atoms with Gasteiger partial charge in [-0.15, -0.1) is 11.3 Å². The van der Waals surface area contributed by atoms with Gasteiger partial charge in [-0.3, -0.25) is 0 Å². The smallest absolute Gasteiger partial charge is 0.136 e. The second-order valence-corrected chi connectivity index (χ2v) is 6.70. The minimum absolute atomic E-state index is 0.277. The molecule has 0 radical (unpaired) electrons. The molecule has 3 rings (SSSR count). The summed E-state index contributed by atoms with van der Waals surface area (Å²) in [5.41, 5.74) is 6.65. The van der Waals surface area contributed by atoms with Crippen LogP contribution in [0.5, 0.6) is 0 Å². The molecule has 6 heteroatoms. The van der Waals surface area contributed by atoms with E-state index in [-0.39, 0.29) is 5.54 Å². The molecule has 0 aromatic carbocycles. The molecule has 0 saturated heterocycles. The van der Waals surface area contributed by atoms with Gasteiger partial charge < -0.3 is 11.1 Å². The topological polar surface area (TPSA) is 76.7 Å². The van der Waals surface area contributed by atoms with Crippen molar-refractivity contribution in [1.29, 1.82) is 0 Å². The van der Waals surface area contributed by atoms with Gasteiger partial charge in [0.05, 0.1) is 5.54 Å². The summed E-state index contributed by atoms with van der Waals surface area (Å²) in [6, 6.07) is 0. The van der Waals surface area contributed by atoms with E-state index in [2.05, 4.69) is 34.1 Å². The second kappa shape index (κ2) is 4.70. The summed E-state index contributed by atoms with van der Waals surface area (Å²) in [5.74, 6) is 2.74. The number of nitrogens with two attached hydrogens (primary N) is 1. The summed E-state index contributed by atoms with van der Waals surface area (Å²) in [7, 11) is 0. The first-order valence-electron chi connectivity index (χ1n) is 6.79. The molecule has 0 aliphatic heterocycles. The zero-order chi connectivity index (χ0) is 14.3. The van der Waals surface area contributed by atoms with Crippen LogP contribution in [0.4, 0.5) is 11.6 Å². The molecule has 2 heterocycles. The lowest BCUT2D eigenvalue weighted by Gasteiger charge is -2.26. The molecule has 0 amide bonds. The number of thiazole rings is 1. The molecule has 5 nitrogen and oxygen atoms in total. The highest BCUT2D eigenvalue weighted by Crippen LogP contribution is 2.39. The van der Waals surface area contributed by atoms with Crippen molar-refractivity contribution < 1.29 is 0 Å². The van der Waals surface area contributed by atoms with Gasteiger partial charge in [-0.1, -0.05) is 0 Å². The fourth-order valence-electron chi connectivity index (χ4n) is 2.08. The zero-order valence-corrected chi connectivity index (χ0v) is 12.8. The Labute approximate surface area is 122 Å². The van der Waals surface area contributed by atoms with Crippen LogP contribution in [0.15, 0.2) is 11.6 Å². The van der Waals surface area contributed by atoms with E-state index in [0.29, 0.717) is 11.7 Å². The van der Waals surface area contributed by atoms with Gasteiger partial charge in [0.25, 0.3) is 0 Å². The molecule has 1 aliphatic rings. The van der Waals surface area contributed by atoms with Gasteiger partial charge in [0.1, 0.15) is 22.5 Å². The van der Waals surface area contributed by atoms with E-state index in [9.17, 15) is 0 Å². The molecule has 1 saturated carbocycles. The molecule has 0 unspecified atom stereocenters. The van der Waals surface area contributed by atoms with Crippen molar-refractivity contribution in [3.8, 4) is 0 Å². The number of nitrogens with one attached hydrogen (secondary N) is 1. The van der Waals surface area contributed by atoms with Gasteiger partial charge in [-0.25, -0.2) is 15.0 Å². The normalized spacial score (nSPS) is 15.3. The Bertz CT molecular complexity index is 617. The molecule has 20 heavy (non-hydrogen) atoms. The number of nitrogen functional groups attached to an aromatic ring is 1. The molecule has 1 aliphatic carbocycles. The van der Waals surface area contributed by atoms with Crippen molar-refractivity contribution in [2.24, 2.45) is 0 Å². The van der Waals surface area contributed by atoms with E-state index in [0.717, 1.165) is 35.1 Å². The largest absolute Gasteiger partial charge is 0.383 e. The monoisotopic (exact) mass is 289 g/mol. The summed E-state index contributed by atoms with van der Waals surface area (Å²) in [4.78, 5) is 13.5. The number of hydrogen-bond donors (Lipinski definition) is 2. The van der Waals surface area contributed by atoms with Gasteiger partial charge in [-0.05, 0) is 33.6 Å². The molecular formula is C14H19N5S. The van der Waals surface area contributed by atoms with Crippen LogP contribution < -0.4 is 11.1 Å². The van der Waals surface area contributed by atoms with Crippen molar-refractivity contribution >= 4 is 23.0 Å². The van der Waals surface area contributed by atoms with Crippen molar-refractivity contribution in [3.63, 3.8) is 0 Å². The van der Waals surface area contributed by atoms with Crippen LogP contribution in [0.1, 0.15) is 49.0 Å². The fourth-order valence-corrected chi connectivity index (χ4v) is 2.80. The number of anilines is 2. The minimum Gasteiger partial charge on any atom is -0.383 e. The average Bonchev–Trinajstić information content (AvgIpc) is 3.08. The van der Waals surface area contributed by atoms with E-state index in [1.54, 1.807) is 11.3 Å². The van der Waals surface area contributed by atoms with E-state index < -0.39 is 0 Å². The lowest BCUT2D eigenvalue weighted by atomic mass is 10.1. The highest BCUT2D eigenvalue weighted by Gasteiger charge is 2.30. The van der Waals surface area contributed by atoms with E-state index >= 15 is 0 Å². The van der Waals surface area contributed by atoms with Gasteiger partial charge in [0, 0.05) is 23.1 Å². The van der Waals surface area contributed by atoms with E-state index in [1.807, 2.05) is 18.5 Å². The Hall–Kier alpha value is -1.69. The number of nitrogens with zero attached hydrogens (tertiary/aromatic N) is 3. The first-order valence-corrected chi connectivity index (χ1v) is 7.67. The molecule has 2 aromatic rings. The van der Waals surface area contributed by atoms with Crippen LogP contribution in [-0.4, -0.2) is 15.0 Å². The van der Waals surface area contributed by atoms with Gasteiger partial charge in [-0.2, -0.15) is 0 Å². The quantitative estimate of drug-likeness (QED) is 0.904. The summed E-state index contributed by atoms with van der Waals surface area (Å²) in [5, 5.41) is 6.48. The van der Waals surface area contributed by atoms with Crippen LogP contribution in [0, 0.1) is 6.92 Å². The van der Waals surface area contributed by atoms with Crippen molar-refractivity contribution in [1.82, 2.24) is 15.0 Å². The first kappa shape index (κ1) is 13.3. The third-order valence-corrected chi connectivity index (χ3v) is 4.64. The zero-order valence-electron chi connectivity index (χ0n) is 12.0. The molecule has 0 spiro atoms. The van der Waals surface area contributed by atoms with Crippen LogP contribution in [0.2, 0.25) is 0 Å². The number of hydrogen-bond acceptors (Lipinski definition) is 6. The molecule has 0 bridgehead atoms. The van der Waals surface area contributed by atoms with Crippen LogP contribution in [0.25, 0.3) is 0 Å². The van der Waals surface area contributed by atoms with Gasteiger partial charge in [0.2, 0.25) is 0 Å². The van der Waals surface area contributed by atoms with Gasteiger partial charge in [0.15, 0.2) is 0 Å². The summed E-state index contributed by atoms with van der Waals surface area (Å²) < 4.78 is 0. The second-order valence-electron chi connectivity index (χ2n) is 5.80. The van der Waals surface area contributed by atoms with Crippen molar-refractivity contribution in [3.05, 3.63) is 28.0 Å². The molecule has 3 N–H and O–H groups in total. The Morgan fingerprint density at radius 1 is 1.35 bits per heavy atom. The average molecular weight is 289 g/mol. The van der Waals surface area contributed by atoms with E-state index in [1.165, 1.54) is 0 Å². The minimum atomic E-state index is -0.277. The van der Waals surface area contributed by atoms with E-state index in [4.69, 9.17) is 5.73 Å². The Morgan fingerprint density at radius 3 is 2.70 bits per heavy atom. The maximum atomic E-state index is 6.02. The molecule has 106 valence electrons. The summed E-state index contributed by atoms with van der Waals surface area (Å²) in [6.07, 6.45) is 4.15. The van der Waals surface area contributed by atoms with Crippen molar-refractivity contribution in [2.45, 2.75) is 45.1 Å². The SMILES string of the molecule is Cc1c(N)nc(C2CC2)nc1NC(C)(C)c1nccs1. The molecule has 1 fully saturated rings. The lowest BCUT2D eigenvalue weighted by molar-refractivity contribution is 0.599. The third kappa shape index (κ3) is 2.47. The Kier molecular flexibility index (Phi) is 3.12. The standard InChI is InChI=1S/C14H19N5S/c1-8-10(15)17-12(9-4-5-9)18-11(8)19-14(2,3)13-16-6-7-20-13/h6-7,9H,4-5H2,1-3H3,(H3,15,17,18,19). The first-order chi connectivity index (χ1) is 9.47. The van der Waals surface area contributed by atoms with Gasteiger partial charge >= 0.3 is 0 Å². The predicted molar refractivity (Wildman–Crippen MR) is 81.9 cm³/mol. The Morgan fingerprint density at radius 2 is 2.10 bits per heavy atom. The van der Waals surface area contributed by atoms with Crippen molar-refractivity contribution in [2.75, 3.05) is 11.1 Å².